The highest BCUT2D eigenvalue weighted by Gasteiger charge is 2.05. The second-order valence-corrected chi connectivity index (χ2v) is 4.12. The number of nitro groups is 1. The van der Waals surface area contributed by atoms with Crippen LogP contribution in [0.25, 0.3) is 0 Å². The van der Waals surface area contributed by atoms with Crippen LogP contribution in [0.1, 0.15) is 5.56 Å². The lowest BCUT2D eigenvalue weighted by Crippen LogP contribution is -2.24. The zero-order valence-corrected chi connectivity index (χ0v) is 11.4. The number of non-ortho nitro benzene ring substituents is 1. The van der Waals surface area contributed by atoms with Gasteiger partial charge in [-0.25, -0.2) is 5.43 Å². The molecule has 0 aliphatic rings. The summed E-state index contributed by atoms with van der Waals surface area (Å²) in [6.07, 6.45) is 4.69. The monoisotopic (exact) mass is 300 g/mol. The molecule has 0 radical (unpaired) electrons. The molecule has 1 aromatic carbocycles. The summed E-state index contributed by atoms with van der Waals surface area (Å²) in [4.78, 5) is 25.4. The first-order valence-electron chi connectivity index (χ1n) is 6.24. The molecule has 8 heteroatoms. The number of benzene rings is 1. The minimum absolute atomic E-state index is 0.0436. The van der Waals surface area contributed by atoms with Gasteiger partial charge in [0, 0.05) is 30.1 Å². The molecule has 0 aliphatic heterocycles. The third-order valence-corrected chi connectivity index (χ3v) is 2.50. The van der Waals surface area contributed by atoms with Crippen LogP contribution >= 0.6 is 0 Å². The van der Waals surface area contributed by atoms with Gasteiger partial charge in [0.2, 0.25) is 0 Å². The number of amides is 1. The Kier molecular flexibility index (Phi) is 5.14. The molecule has 0 saturated carbocycles. The van der Waals surface area contributed by atoms with Crippen molar-refractivity contribution in [1.29, 1.82) is 0 Å². The Balaban J connectivity index is 1.78. The fraction of sp³-hybridized carbons (Fsp3) is 0.0714. The van der Waals surface area contributed by atoms with Crippen LogP contribution in [0.5, 0.6) is 5.75 Å². The smallest absolute Gasteiger partial charge is 0.277 e. The van der Waals surface area contributed by atoms with Crippen LogP contribution < -0.4 is 10.2 Å². The minimum atomic E-state index is -0.510. The van der Waals surface area contributed by atoms with Crippen molar-refractivity contribution < 1.29 is 14.5 Å². The van der Waals surface area contributed by atoms with Gasteiger partial charge in [0.05, 0.1) is 11.1 Å². The lowest BCUT2D eigenvalue weighted by Gasteiger charge is -2.04. The summed E-state index contributed by atoms with van der Waals surface area (Å²) in [6.45, 7) is -0.248. The van der Waals surface area contributed by atoms with E-state index in [1.807, 2.05) is 0 Å². The number of rotatable bonds is 6. The highest BCUT2D eigenvalue weighted by molar-refractivity contribution is 5.82. The van der Waals surface area contributed by atoms with Gasteiger partial charge >= 0.3 is 0 Å². The van der Waals surface area contributed by atoms with E-state index in [1.165, 1.54) is 30.5 Å². The molecule has 8 nitrogen and oxygen atoms in total. The fourth-order valence-corrected chi connectivity index (χ4v) is 1.48. The lowest BCUT2D eigenvalue weighted by molar-refractivity contribution is -0.384. The normalized spacial score (nSPS) is 10.4. The van der Waals surface area contributed by atoms with Crippen LogP contribution in [0, 0.1) is 10.1 Å². The molecule has 0 fully saturated rings. The fourth-order valence-electron chi connectivity index (χ4n) is 1.48. The molecule has 1 N–H and O–H groups in total. The second kappa shape index (κ2) is 7.48. The number of nitro benzene ring substituents is 1. The Bertz CT molecular complexity index is 671. The van der Waals surface area contributed by atoms with E-state index in [0.29, 0.717) is 5.75 Å². The molecule has 2 aromatic rings. The number of hydrogen-bond acceptors (Lipinski definition) is 6. The van der Waals surface area contributed by atoms with E-state index < -0.39 is 10.8 Å². The van der Waals surface area contributed by atoms with Gasteiger partial charge in [-0.3, -0.25) is 19.9 Å². The van der Waals surface area contributed by atoms with Gasteiger partial charge in [0.1, 0.15) is 5.75 Å². The zero-order chi connectivity index (χ0) is 15.8. The van der Waals surface area contributed by atoms with Gasteiger partial charge < -0.3 is 4.74 Å². The highest BCUT2D eigenvalue weighted by Crippen LogP contribution is 2.16. The topological polar surface area (TPSA) is 107 Å². The maximum absolute atomic E-state index is 11.5. The first-order chi connectivity index (χ1) is 10.6. The molecule has 2 rings (SSSR count). The Hall–Kier alpha value is -3.29. The van der Waals surface area contributed by atoms with Gasteiger partial charge in [0.25, 0.3) is 11.6 Å². The summed E-state index contributed by atoms with van der Waals surface area (Å²) in [5.74, 6) is -0.0875. The van der Waals surface area contributed by atoms with Gasteiger partial charge in [-0.2, -0.15) is 5.10 Å². The molecule has 22 heavy (non-hydrogen) atoms. The molecule has 0 saturated heterocycles. The van der Waals surface area contributed by atoms with E-state index >= 15 is 0 Å². The van der Waals surface area contributed by atoms with Crippen LogP contribution in [0.4, 0.5) is 5.69 Å². The zero-order valence-electron chi connectivity index (χ0n) is 11.4. The number of carbonyl (C=O) groups is 1. The van der Waals surface area contributed by atoms with E-state index in [4.69, 9.17) is 4.74 Å². The number of hydrogen-bond donors (Lipinski definition) is 1. The van der Waals surface area contributed by atoms with Crippen molar-refractivity contribution in [2.75, 3.05) is 6.61 Å². The molecule has 1 heterocycles. The number of ether oxygens (including phenoxy) is 1. The molecule has 112 valence electrons. The molecular weight excluding hydrogens is 288 g/mol. The first-order valence-corrected chi connectivity index (χ1v) is 6.24. The molecule has 1 amide bonds. The van der Waals surface area contributed by atoms with E-state index in [2.05, 4.69) is 15.5 Å². The third kappa shape index (κ3) is 4.67. The maximum Gasteiger partial charge on any atom is 0.277 e. The largest absolute Gasteiger partial charge is 0.484 e. The van der Waals surface area contributed by atoms with E-state index in [9.17, 15) is 14.9 Å². The maximum atomic E-state index is 11.5. The van der Waals surface area contributed by atoms with Crippen molar-refractivity contribution in [3.8, 4) is 5.75 Å². The van der Waals surface area contributed by atoms with E-state index in [0.717, 1.165) is 5.56 Å². The average Bonchev–Trinajstić information content (AvgIpc) is 2.54. The summed E-state index contributed by atoms with van der Waals surface area (Å²) in [6, 6.07) is 8.98. The number of nitrogens with one attached hydrogen (secondary N) is 1. The first kappa shape index (κ1) is 15.1. The predicted octanol–water partition coefficient (Wildman–Crippen LogP) is 1.52. The second-order valence-electron chi connectivity index (χ2n) is 4.12. The summed E-state index contributed by atoms with van der Waals surface area (Å²) < 4.78 is 5.18. The predicted molar refractivity (Wildman–Crippen MR) is 78.6 cm³/mol. The van der Waals surface area contributed by atoms with Crippen LogP contribution in [-0.2, 0) is 4.79 Å². The Morgan fingerprint density at radius 2 is 2.14 bits per heavy atom. The Morgan fingerprint density at radius 1 is 1.36 bits per heavy atom. The quantitative estimate of drug-likeness (QED) is 0.494. The van der Waals surface area contributed by atoms with Gasteiger partial charge in [-0.1, -0.05) is 6.07 Å². The number of nitrogens with zero attached hydrogens (tertiary/aromatic N) is 3. The van der Waals surface area contributed by atoms with Crippen molar-refractivity contribution in [1.82, 2.24) is 10.4 Å². The number of carbonyl (C=O) groups excluding carboxylic acids is 1. The molecule has 0 aliphatic carbocycles. The standard InChI is InChI=1S/C14H12N4O4/c19-14(17-16-9-11-2-1-7-15-8-11)10-22-13-5-3-12(4-6-13)18(20)21/h1-9H,10H2,(H,17,19). The van der Waals surface area contributed by atoms with Crippen LogP contribution in [-0.4, -0.2) is 28.6 Å². The number of aromatic nitrogens is 1. The number of hydrazone groups is 1. The van der Waals surface area contributed by atoms with Crippen molar-refractivity contribution >= 4 is 17.8 Å². The SMILES string of the molecule is O=C(COc1ccc([N+](=O)[O-])cc1)NN=Cc1cccnc1. The summed E-state index contributed by atoms with van der Waals surface area (Å²) >= 11 is 0. The molecule has 0 bridgehead atoms. The van der Waals surface area contributed by atoms with Crippen molar-refractivity contribution in [3.05, 3.63) is 64.5 Å². The van der Waals surface area contributed by atoms with Gasteiger partial charge in [-0.15, -0.1) is 0 Å². The van der Waals surface area contributed by atoms with Gasteiger partial charge in [-0.05, 0) is 18.2 Å². The molecule has 0 unspecified atom stereocenters. The van der Waals surface area contributed by atoms with Gasteiger partial charge in [0.15, 0.2) is 6.61 Å². The van der Waals surface area contributed by atoms with Crippen molar-refractivity contribution in [2.24, 2.45) is 5.10 Å². The molecule has 0 atom stereocenters. The molecule has 1 aromatic heterocycles. The number of pyridine rings is 1. The lowest BCUT2D eigenvalue weighted by atomic mass is 10.3. The molecular formula is C14H12N4O4. The van der Waals surface area contributed by atoms with E-state index in [-0.39, 0.29) is 12.3 Å². The molecule has 0 spiro atoms. The van der Waals surface area contributed by atoms with Crippen LogP contribution in [0.3, 0.4) is 0 Å². The summed E-state index contributed by atoms with van der Waals surface area (Å²) in [7, 11) is 0. The summed E-state index contributed by atoms with van der Waals surface area (Å²) in [5.41, 5.74) is 3.01. The van der Waals surface area contributed by atoms with Crippen LogP contribution in [0.15, 0.2) is 53.9 Å². The minimum Gasteiger partial charge on any atom is -0.484 e. The van der Waals surface area contributed by atoms with Crippen molar-refractivity contribution in [2.45, 2.75) is 0 Å². The Morgan fingerprint density at radius 3 is 2.77 bits per heavy atom. The van der Waals surface area contributed by atoms with E-state index in [1.54, 1.807) is 24.5 Å². The average molecular weight is 300 g/mol. The van der Waals surface area contributed by atoms with Crippen molar-refractivity contribution in [3.63, 3.8) is 0 Å². The third-order valence-electron chi connectivity index (χ3n) is 2.50. The Labute approximate surface area is 125 Å². The highest BCUT2D eigenvalue weighted by atomic mass is 16.6. The summed E-state index contributed by atoms with van der Waals surface area (Å²) in [5, 5.41) is 14.3. The van der Waals surface area contributed by atoms with Crippen LogP contribution in [0.2, 0.25) is 0 Å².